The Kier molecular flexibility index (Phi) is 5.81. The Labute approximate surface area is 185 Å². The quantitative estimate of drug-likeness (QED) is 0.345. The number of aryl methyl sites for hydroxylation is 1. The van der Waals surface area contributed by atoms with E-state index < -0.39 is 6.03 Å². The average Bonchev–Trinajstić information content (AvgIpc) is 3.08. The first-order valence-corrected chi connectivity index (χ1v) is 9.97. The number of amides is 2. The number of nitrogens with one attached hydrogen (secondary N) is 4. The van der Waals surface area contributed by atoms with Gasteiger partial charge in [0.25, 0.3) is 0 Å². The molecule has 4 rings (SSSR count). The molecule has 4 N–H and O–H groups in total. The van der Waals surface area contributed by atoms with Crippen LogP contribution in [-0.4, -0.2) is 21.2 Å². The van der Waals surface area contributed by atoms with Crippen molar-refractivity contribution in [2.45, 2.75) is 13.8 Å². The highest BCUT2D eigenvalue weighted by Gasteiger charge is 2.14. The number of H-pyrrole nitrogens is 1. The van der Waals surface area contributed by atoms with E-state index in [2.05, 4.69) is 37.2 Å². The first-order chi connectivity index (χ1) is 15.5. The number of anilines is 4. The maximum atomic E-state index is 12.5. The van der Waals surface area contributed by atoms with E-state index in [1.165, 1.54) is 0 Å². The van der Waals surface area contributed by atoms with E-state index in [0.29, 0.717) is 28.6 Å². The molecule has 0 aliphatic carbocycles. The number of hydrogen-bond donors (Lipinski definition) is 4. The van der Waals surface area contributed by atoms with Crippen LogP contribution in [0.2, 0.25) is 0 Å². The third-order valence-corrected chi connectivity index (χ3v) is 5.02. The van der Waals surface area contributed by atoms with Crippen LogP contribution in [0.25, 0.3) is 11.3 Å². The van der Waals surface area contributed by atoms with Crippen LogP contribution in [-0.2, 0) is 0 Å². The van der Waals surface area contributed by atoms with Crippen molar-refractivity contribution in [2.24, 2.45) is 0 Å². The summed E-state index contributed by atoms with van der Waals surface area (Å²) in [5, 5.41) is 26.4. The van der Waals surface area contributed by atoms with E-state index in [-0.39, 0.29) is 0 Å². The third kappa shape index (κ3) is 4.42. The van der Waals surface area contributed by atoms with Gasteiger partial charge in [0.15, 0.2) is 5.82 Å². The van der Waals surface area contributed by atoms with Gasteiger partial charge in [0.05, 0.1) is 22.6 Å². The fourth-order valence-corrected chi connectivity index (χ4v) is 3.22. The SMILES string of the molecule is Cc1[nH]c(Nc2ccccc2NC(=O)Nc2ccc(-c3ccccc3)nn2)c(C#N)c1C. The largest absolute Gasteiger partial charge is 0.344 e. The molecule has 0 atom stereocenters. The third-order valence-electron chi connectivity index (χ3n) is 5.02. The van der Waals surface area contributed by atoms with Crippen molar-refractivity contribution in [3.8, 4) is 17.3 Å². The number of nitrogens with zero attached hydrogens (tertiary/aromatic N) is 3. The number of carbonyl (C=O) groups is 1. The molecule has 8 nitrogen and oxygen atoms in total. The number of aromatic amines is 1. The highest BCUT2D eigenvalue weighted by molar-refractivity contribution is 6.01. The second-order valence-corrected chi connectivity index (χ2v) is 7.16. The Balaban J connectivity index is 1.46. The molecule has 0 bridgehead atoms. The number of carbonyl (C=O) groups excluding carboxylic acids is 1. The minimum Gasteiger partial charge on any atom is -0.344 e. The van der Waals surface area contributed by atoms with Crippen molar-refractivity contribution in [1.82, 2.24) is 15.2 Å². The van der Waals surface area contributed by atoms with Gasteiger partial charge in [0, 0.05) is 11.3 Å². The number of rotatable bonds is 5. The second-order valence-electron chi connectivity index (χ2n) is 7.16. The van der Waals surface area contributed by atoms with Gasteiger partial charge in [0.2, 0.25) is 0 Å². The zero-order valence-corrected chi connectivity index (χ0v) is 17.6. The molecule has 4 aromatic rings. The monoisotopic (exact) mass is 423 g/mol. The van der Waals surface area contributed by atoms with Gasteiger partial charge in [-0.15, -0.1) is 10.2 Å². The van der Waals surface area contributed by atoms with E-state index in [1.807, 2.05) is 62.4 Å². The number of benzene rings is 2. The summed E-state index contributed by atoms with van der Waals surface area (Å²) in [6, 6.07) is 22.2. The van der Waals surface area contributed by atoms with Crippen molar-refractivity contribution in [1.29, 1.82) is 5.26 Å². The minimum atomic E-state index is -0.458. The first-order valence-electron chi connectivity index (χ1n) is 9.97. The molecule has 0 aliphatic heterocycles. The highest BCUT2D eigenvalue weighted by atomic mass is 16.2. The molecular formula is C24H21N7O. The molecule has 8 heteroatoms. The van der Waals surface area contributed by atoms with Crippen LogP contribution in [0.5, 0.6) is 0 Å². The number of para-hydroxylation sites is 2. The molecule has 2 aromatic carbocycles. The lowest BCUT2D eigenvalue weighted by Gasteiger charge is -2.13. The highest BCUT2D eigenvalue weighted by Crippen LogP contribution is 2.29. The molecular weight excluding hydrogens is 402 g/mol. The van der Waals surface area contributed by atoms with Crippen LogP contribution in [0.15, 0.2) is 66.7 Å². The minimum absolute atomic E-state index is 0.329. The Hall–Kier alpha value is -4.64. The van der Waals surface area contributed by atoms with Crippen molar-refractivity contribution in [2.75, 3.05) is 16.0 Å². The zero-order valence-electron chi connectivity index (χ0n) is 17.6. The standard InChI is InChI=1S/C24H21N7O/c1-15-16(2)26-23(18(15)14-25)27-20-10-6-7-11-21(20)28-24(32)29-22-13-12-19(30-31-22)17-8-4-3-5-9-17/h3-13,26-27H,1-2H3,(H2,28,29,31,32). The molecule has 0 radical (unpaired) electrons. The van der Waals surface area contributed by atoms with Crippen LogP contribution < -0.4 is 16.0 Å². The van der Waals surface area contributed by atoms with Crippen LogP contribution in [0.1, 0.15) is 16.8 Å². The number of hydrogen-bond acceptors (Lipinski definition) is 5. The summed E-state index contributed by atoms with van der Waals surface area (Å²) < 4.78 is 0. The summed E-state index contributed by atoms with van der Waals surface area (Å²) in [4.78, 5) is 15.7. The molecule has 32 heavy (non-hydrogen) atoms. The molecule has 0 fully saturated rings. The fourth-order valence-electron chi connectivity index (χ4n) is 3.22. The van der Waals surface area contributed by atoms with Gasteiger partial charge in [-0.3, -0.25) is 5.32 Å². The van der Waals surface area contributed by atoms with E-state index in [4.69, 9.17) is 0 Å². The van der Waals surface area contributed by atoms with Gasteiger partial charge in [0.1, 0.15) is 11.9 Å². The van der Waals surface area contributed by atoms with Crippen molar-refractivity contribution < 1.29 is 4.79 Å². The molecule has 0 saturated carbocycles. The Morgan fingerprint density at radius 1 is 0.906 bits per heavy atom. The lowest BCUT2D eigenvalue weighted by molar-refractivity contribution is 0.262. The number of urea groups is 1. The lowest BCUT2D eigenvalue weighted by Crippen LogP contribution is -2.21. The smallest absolute Gasteiger partial charge is 0.324 e. The van der Waals surface area contributed by atoms with Crippen LogP contribution in [0.4, 0.5) is 27.8 Å². The van der Waals surface area contributed by atoms with Gasteiger partial charge >= 0.3 is 6.03 Å². The van der Waals surface area contributed by atoms with E-state index in [9.17, 15) is 10.1 Å². The summed E-state index contributed by atoms with van der Waals surface area (Å²) in [5.41, 5.74) is 5.19. The molecule has 0 spiro atoms. The predicted molar refractivity (Wildman–Crippen MR) is 125 cm³/mol. The van der Waals surface area contributed by atoms with Gasteiger partial charge < -0.3 is 15.6 Å². The van der Waals surface area contributed by atoms with Crippen LogP contribution >= 0.6 is 0 Å². The fraction of sp³-hybridized carbons (Fsp3) is 0.0833. The van der Waals surface area contributed by atoms with Crippen molar-refractivity contribution in [3.05, 3.63) is 83.6 Å². The second kappa shape index (κ2) is 9.02. The topological polar surface area (TPSA) is 119 Å². The maximum absolute atomic E-state index is 12.5. The molecule has 2 aromatic heterocycles. The molecule has 2 amide bonds. The lowest BCUT2D eigenvalue weighted by atomic mass is 10.1. The Morgan fingerprint density at radius 3 is 2.31 bits per heavy atom. The van der Waals surface area contributed by atoms with Crippen molar-refractivity contribution >= 4 is 29.0 Å². The van der Waals surface area contributed by atoms with E-state index >= 15 is 0 Å². The molecule has 0 aliphatic rings. The molecule has 2 heterocycles. The predicted octanol–water partition coefficient (Wildman–Crippen LogP) is 5.35. The van der Waals surface area contributed by atoms with Gasteiger partial charge in [-0.1, -0.05) is 42.5 Å². The summed E-state index contributed by atoms with van der Waals surface area (Å²) in [7, 11) is 0. The molecule has 0 unspecified atom stereocenters. The van der Waals surface area contributed by atoms with Crippen LogP contribution in [0.3, 0.4) is 0 Å². The molecule has 0 saturated heterocycles. The summed E-state index contributed by atoms with van der Waals surface area (Å²) in [5.74, 6) is 0.912. The first kappa shape index (κ1) is 20.6. The Bertz CT molecular complexity index is 1290. The number of aromatic nitrogens is 3. The number of nitriles is 1. The Morgan fingerprint density at radius 2 is 1.62 bits per heavy atom. The van der Waals surface area contributed by atoms with E-state index in [0.717, 1.165) is 22.5 Å². The van der Waals surface area contributed by atoms with Gasteiger partial charge in [-0.05, 0) is 43.7 Å². The van der Waals surface area contributed by atoms with Gasteiger partial charge in [-0.2, -0.15) is 5.26 Å². The van der Waals surface area contributed by atoms with Gasteiger partial charge in [-0.25, -0.2) is 4.79 Å². The van der Waals surface area contributed by atoms with Crippen molar-refractivity contribution in [3.63, 3.8) is 0 Å². The zero-order chi connectivity index (χ0) is 22.5. The summed E-state index contributed by atoms with van der Waals surface area (Å²) in [6.45, 7) is 3.79. The van der Waals surface area contributed by atoms with Crippen LogP contribution in [0, 0.1) is 25.2 Å². The summed E-state index contributed by atoms with van der Waals surface area (Å²) in [6.07, 6.45) is 0. The summed E-state index contributed by atoms with van der Waals surface area (Å²) >= 11 is 0. The average molecular weight is 423 g/mol. The van der Waals surface area contributed by atoms with E-state index in [1.54, 1.807) is 18.2 Å². The maximum Gasteiger partial charge on any atom is 0.324 e. The molecule has 158 valence electrons. The normalized spacial score (nSPS) is 10.3.